The molecule has 2 aromatic rings. The fraction of sp³-hybridized carbons (Fsp3) is 0.125. The van der Waals surface area contributed by atoms with Crippen LogP contribution < -0.4 is 9.47 Å². The van der Waals surface area contributed by atoms with Crippen LogP contribution in [0, 0.1) is 0 Å². The molecule has 4 heteroatoms. The lowest BCUT2D eigenvalue weighted by molar-refractivity contribution is 0.111. The number of benzene rings is 2. The first-order valence-corrected chi connectivity index (χ1v) is 6.00. The standard InChI is InChI=1S/C16H14O4/c1-19-13-3-5-15(11(7-13)9-17)16-6-4-14(20-2)8-12(16)10-18/h3-10H,1-2H3. The molecule has 0 saturated carbocycles. The summed E-state index contributed by atoms with van der Waals surface area (Å²) >= 11 is 0. The summed E-state index contributed by atoms with van der Waals surface area (Å²) in [6, 6.07) is 10.3. The van der Waals surface area contributed by atoms with Crippen molar-refractivity contribution in [2.24, 2.45) is 0 Å². The highest BCUT2D eigenvalue weighted by Crippen LogP contribution is 2.30. The summed E-state index contributed by atoms with van der Waals surface area (Å²) in [5, 5.41) is 0. The second-order valence-electron chi connectivity index (χ2n) is 4.14. The van der Waals surface area contributed by atoms with Gasteiger partial charge in [-0.15, -0.1) is 0 Å². The quantitative estimate of drug-likeness (QED) is 0.784. The van der Waals surface area contributed by atoms with Crippen LogP contribution in [0.5, 0.6) is 11.5 Å². The molecule has 0 heterocycles. The number of aldehydes is 2. The molecular weight excluding hydrogens is 256 g/mol. The Morgan fingerprint density at radius 2 is 1.15 bits per heavy atom. The maximum Gasteiger partial charge on any atom is 0.150 e. The second kappa shape index (κ2) is 6.02. The van der Waals surface area contributed by atoms with Gasteiger partial charge in [0.2, 0.25) is 0 Å². The van der Waals surface area contributed by atoms with Gasteiger partial charge >= 0.3 is 0 Å². The summed E-state index contributed by atoms with van der Waals surface area (Å²) in [5.74, 6) is 1.19. The van der Waals surface area contributed by atoms with Crippen molar-refractivity contribution >= 4 is 12.6 Å². The van der Waals surface area contributed by atoms with Gasteiger partial charge in [0.15, 0.2) is 12.6 Å². The lowest BCUT2D eigenvalue weighted by Gasteiger charge is -2.11. The van der Waals surface area contributed by atoms with E-state index in [1.165, 1.54) is 14.2 Å². The van der Waals surface area contributed by atoms with Crippen molar-refractivity contribution < 1.29 is 19.1 Å². The minimum absolute atomic E-state index is 0.470. The molecule has 0 spiro atoms. The van der Waals surface area contributed by atoms with Gasteiger partial charge in [-0.3, -0.25) is 9.59 Å². The number of ether oxygens (including phenoxy) is 2. The topological polar surface area (TPSA) is 52.6 Å². The van der Waals surface area contributed by atoms with Crippen LogP contribution in [0.3, 0.4) is 0 Å². The molecule has 102 valence electrons. The molecule has 0 bridgehead atoms. The van der Waals surface area contributed by atoms with Gasteiger partial charge in [-0.1, -0.05) is 0 Å². The van der Waals surface area contributed by atoms with E-state index in [0.29, 0.717) is 33.8 Å². The highest BCUT2D eigenvalue weighted by molar-refractivity contribution is 5.95. The zero-order chi connectivity index (χ0) is 14.5. The zero-order valence-corrected chi connectivity index (χ0v) is 11.3. The predicted octanol–water partition coefficient (Wildman–Crippen LogP) is 3.00. The molecule has 20 heavy (non-hydrogen) atoms. The van der Waals surface area contributed by atoms with Gasteiger partial charge in [0, 0.05) is 11.1 Å². The molecule has 2 aromatic carbocycles. The van der Waals surface area contributed by atoms with Gasteiger partial charge in [0.05, 0.1) is 14.2 Å². The van der Waals surface area contributed by atoms with Crippen LogP contribution in [-0.4, -0.2) is 26.8 Å². The summed E-state index contributed by atoms with van der Waals surface area (Å²) < 4.78 is 10.2. The maximum absolute atomic E-state index is 11.2. The van der Waals surface area contributed by atoms with Crippen molar-refractivity contribution in [3.63, 3.8) is 0 Å². The van der Waals surface area contributed by atoms with Gasteiger partial charge in [-0.2, -0.15) is 0 Å². The lowest BCUT2D eigenvalue weighted by atomic mass is 9.96. The molecule has 0 radical (unpaired) electrons. The third kappa shape index (κ3) is 2.54. The van der Waals surface area contributed by atoms with Crippen molar-refractivity contribution in [3.8, 4) is 22.6 Å². The Hall–Kier alpha value is -2.62. The van der Waals surface area contributed by atoms with Crippen LogP contribution in [-0.2, 0) is 0 Å². The molecule has 0 aliphatic carbocycles. The highest BCUT2D eigenvalue weighted by atomic mass is 16.5. The summed E-state index contributed by atoms with van der Waals surface area (Å²) in [4.78, 5) is 22.4. The predicted molar refractivity (Wildman–Crippen MR) is 75.8 cm³/mol. The molecule has 0 aromatic heterocycles. The molecule has 4 nitrogen and oxygen atoms in total. The third-order valence-electron chi connectivity index (χ3n) is 3.06. The minimum atomic E-state index is 0.470. The van der Waals surface area contributed by atoms with E-state index in [2.05, 4.69) is 0 Å². The number of hydrogen-bond donors (Lipinski definition) is 0. The lowest BCUT2D eigenvalue weighted by Crippen LogP contribution is -1.95. The van der Waals surface area contributed by atoms with Gasteiger partial charge < -0.3 is 9.47 Å². The van der Waals surface area contributed by atoms with Crippen molar-refractivity contribution in [3.05, 3.63) is 47.5 Å². The number of methoxy groups -OCH3 is 2. The Bertz CT molecular complexity index is 589. The van der Waals surface area contributed by atoms with E-state index >= 15 is 0 Å². The first-order chi connectivity index (χ1) is 9.73. The van der Waals surface area contributed by atoms with E-state index in [9.17, 15) is 9.59 Å². The molecule has 0 aliphatic heterocycles. The third-order valence-corrected chi connectivity index (χ3v) is 3.06. The van der Waals surface area contributed by atoms with Crippen LogP contribution in [0.4, 0.5) is 0 Å². The monoisotopic (exact) mass is 270 g/mol. The normalized spacial score (nSPS) is 9.90. The number of hydrogen-bond acceptors (Lipinski definition) is 4. The SMILES string of the molecule is COc1ccc(-c2ccc(OC)cc2C=O)c(C=O)c1. The smallest absolute Gasteiger partial charge is 0.150 e. The molecule has 0 atom stereocenters. The number of rotatable bonds is 5. The number of carbonyl (C=O) groups excluding carboxylic acids is 2. The summed E-state index contributed by atoms with van der Waals surface area (Å²) in [6.07, 6.45) is 1.49. The second-order valence-corrected chi connectivity index (χ2v) is 4.14. The van der Waals surface area contributed by atoms with Crippen molar-refractivity contribution in [1.82, 2.24) is 0 Å². The molecular formula is C16H14O4. The van der Waals surface area contributed by atoms with Crippen molar-refractivity contribution in [2.75, 3.05) is 14.2 Å². The van der Waals surface area contributed by atoms with Crippen LogP contribution in [0.1, 0.15) is 20.7 Å². The van der Waals surface area contributed by atoms with Gasteiger partial charge in [0.1, 0.15) is 11.5 Å². The maximum atomic E-state index is 11.2. The first kappa shape index (κ1) is 13.8. The van der Waals surface area contributed by atoms with E-state index in [0.717, 1.165) is 12.6 Å². The van der Waals surface area contributed by atoms with Crippen molar-refractivity contribution in [1.29, 1.82) is 0 Å². The molecule has 0 amide bonds. The van der Waals surface area contributed by atoms with E-state index in [1.54, 1.807) is 36.4 Å². The van der Waals surface area contributed by atoms with Crippen LogP contribution in [0.2, 0.25) is 0 Å². The Balaban J connectivity index is 2.61. The van der Waals surface area contributed by atoms with Crippen LogP contribution >= 0.6 is 0 Å². The number of carbonyl (C=O) groups is 2. The summed E-state index contributed by atoms with van der Waals surface area (Å²) in [5.41, 5.74) is 2.31. The Labute approximate surface area is 116 Å². The van der Waals surface area contributed by atoms with Gasteiger partial charge in [-0.05, 0) is 47.5 Å². The van der Waals surface area contributed by atoms with E-state index in [1.807, 2.05) is 0 Å². The zero-order valence-electron chi connectivity index (χ0n) is 11.3. The molecule has 2 rings (SSSR count). The van der Waals surface area contributed by atoms with Gasteiger partial charge in [0.25, 0.3) is 0 Å². The fourth-order valence-electron chi connectivity index (χ4n) is 2.02. The van der Waals surface area contributed by atoms with E-state index in [4.69, 9.17) is 9.47 Å². The average molecular weight is 270 g/mol. The van der Waals surface area contributed by atoms with Crippen LogP contribution in [0.15, 0.2) is 36.4 Å². The molecule has 0 saturated heterocycles. The van der Waals surface area contributed by atoms with E-state index in [-0.39, 0.29) is 0 Å². The Morgan fingerprint density at radius 3 is 1.45 bits per heavy atom. The van der Waals surface area contributed by atoms with Gasteiger partial charge in [-0.25, -0.2) is 0 Å². The average Bonchev–Trinajstić information content (AvgIpc) is 2.53. The molecule has 0 unspecified atom stereocenters. The largest absolute Gasteiger partial charge is 0.497 e. The van der Waals surface area contributed by atoms with E-state index < -0.39 is 0 Å². The Kier molecular flexibility index (Phi) is 4.15. The fourth-order valence-corrected chi connectivity index (χ4v) is 2.02. The van der Waals surface area contributed by atoms with Crippen LogP contribution in [0.25, 0.3) is 11.1 Å². The minimum Gasteiger partial charge on any atom is -0.497 e. The Morgan fingerprint density at radius 1 is 0.750 bits per heavy atom. The van der Waals surface area contributed by atoms with Crippen molar-refractivity contribution in [2.45, 2.75) is 0 Å². The molecule has 0 N–H and O–H groups in total. The first-order valence-electron chi connectivity index (χ1n) is 6.00. The highest BCUT2D eigenvalue weighted by Gasteiger charge is 2.11. The summed E-state index contributed by atoms with van der Waals surface area (Å²) in [6.45, 7) is 0. The summed E-state index contributed by atoms with van der Waals surface area (Å²) in [7, 11) is 3.07. The molecule has 0 fully saturated rings. The molecule has 0 aliphatic rings.